The topological polar surface area (TPSA) is 72.2 Å². The molecule has 0 radical (unpaired) electrons. The zero-order valence-corrected chi connectivity index (χ0v) is 17.7. The zero-order chi connectivity index (χ0) is 20.5. The minimum Gasteiger partial charge on any atom is -0.277 e. The minimum absolute atomic E-state index is 0.305. The maximum atomic E-state index is 12.8. The Morgan fingerprint density at radius 1 is 0.828 bits per heavy atom. The molecule has 0 amide bonds. The van der Waals surface area contributed by atoms with Crippen molar-refractivity contribution in [2.45, 2.75) is 90.5 Å². The van der Waals surface area contributed by atoms with Crippen LogP contribution in [0, 0.1) is 0 Å². The van der Waals surface area contributed by atoms with Crippen LogP contribution in [0.5, 0.6) is 0 Å². The predicted molar refractivity (Wildman–Crippen MR) is 119 cm³/mol. The second-order valence-corrected chi connectivity index (χ2v) is 8.01. The van der Waals surface area contributed by atoms with E-state index in [4.69, 9.17) is 0 Å². The van der Waals surface area contributed by atoms with Crippen LogP contribution in [0.1, 0.15) is 84.0 Å². The second kappa shape index (κ2) is 11.0. The Bertz CT molecular complexity index is 1020. The van der Waals surface area contributed by atoms with Gasteiger partial charge in [-0.15, -0.1) is 0 Å². The van der Waals surface area contributed by atoms with E-state index in [9.17, 15) is 9.59 Å². The Labute approximate surface area is 172 Å². The molecule has 0 aliphatic rings. The molecule has 0 unspecified atom stereocenters. The molecule has 0 fully saturated rings. The lowest BCUT2D eigenvalue weighted by molar-refractivity contribution is 0.511. The van der Waals surface area contributed by atoms with Gasteiger partial charge in [-0.1, -0.05) is 89.7 Å². The van der Waals surface area contributed by atoms with Crippen LogP contribution in [0.25, 0.3) is 16.8 Å². The van der Waals surface area contributed by atoms with Gasteiger partial charge in [0.25, 0.3) is 0 Å². The Morgan fingerprint density at radius 2 is 1.41 bits per heavy atom. The lowest BCUT2D eigenvalue weighted by Gasteiger charge is -2.06. The summed E-state index contributed by atoms with van der Waals surface area (Å²) < 4.78 is 2.80. The molecule has 2 heterocycles. The number of H-pyrrole nitrogens is 1. The fraction of sp³-hybridized carbons (Fsp3) is 0.609. The monoisotopic (exact) mass is 398 g/mol. The number of hydrogen-bond donors (Lipinski definition) is 1. The summed E-state index contributed by atoms with van der Waals surface area (Å²) in [6.07, 6.45) is 15.1. The number of aromatic nitrogens is 4. The van der Waals surface area contributed by atoms with Crippen molar-refractivity contribution < 1.29 is 0 Å². The van der Waals surface area contributed by atoms with Gasteiger partial charge in [-0.25, -0.2) is 23.5 Å². The molecule has 0 spiro atoms. The van der Waals surface area contributed by atoms with Crippen molar-refractivity contribution >= 4 is 16.8 Å². The summed E-state index contributed by atoms with van der Waals surface area (Å²) in [5, 5.41) is 0. The van der Waals surface area contributed by atoms with Crippen LogP contribution in [0.4, 0.5) is 0 Å². The summed E-state index contributed by atoms with van der Waals surface area (Å²) in [6.45, 7) is 2.71. The smallest absolute Gasteiger partial charge is 0.277 e. The molecular formula is C23H34N4O2. The first-order chi connectivity index (χ1) is 14.2. The Balaban J connectivity index is 1.43. The fourth-order valence-electron chi connectivity index (χ4n) is 3.98. The van der Waals surface area contributed by atoms with Gasteiger partial charge in [0.1, 0.15) is 0 Å². The van der Waals surface area contributed by atoms with E-state index < -0.39 is 0 Å². The second-order valence-electron chi connectivity index (χ2n) is 8.01. The molecule has 3 aromatic rings. The van der Waals surface area contributed by atoms with Crippen molar-refractivity contribution in [3.05, 3.63) is 45.2 Å². The van der Waals surface area contributed by atoms with Crippen molar-refractivity contribution in [1.82, 2.24) is 18.9 Å². The van der Waals surface area contributed by atoms with E-state index in [1.54, 1.807) is 0 Å². The average Bonchev–Trinajstić information content (AvgIpc) is 3.09. The van der Waals surface area contributed by atoms with Gasteiger partial charge in [-0.3, -0.25) is 4.98 Å². The molecule has 0 aliphatic heterocycles. The van der Waals surface area contributed by atoms with E-state index in [-0.39, 0.29) is 11.4 Å². The molecule has 6 nitrogen and oxygen atoms in total. The van der Waals surface area contributed by atoms with Gasteiger partial charge in [0.05, 0.1) is 11.0 Å². The van der Waals surface area contributed by atoms with Crippen LogP contribution >= 0.6 is 0 Å². The number of aromatic amines is 1. The first-order valence-electron chi connectivity index (χ1n) is 11.3. The Hall–Kier alpha value is -2.37. The van der Waals surface area contributed by atoms with Crippen molar-refractivity contribution in [3.63, 3.8) is 0 Å². The summed E-state index contributed by atoms with van der Waals surface area (Å²) in [7, 11) is 0. The van der Waals surface area contributed by atoms with Crippen LogP contribution in [-0.2, 0) is 6.54 Å². The summed E-state index contributed by atoms with van der Waals surface area (Å²) in [6, 6.07) is 7.44. The van der Waals surface area contributed by atoms with E-state index in [1.165, 1.54) is 73.2 Å². The van der Waals surface area contributed by atoms with Crippen LogP contribution in [0.15, 0.2) is 33.9 Å². The Kier molecular flexibility index (Phi) is 8.08. The number of imidazole rings is 1. The van der Waals surface area contributed by atoms with Crippen molar-refractivity contribution in [2.24, 2.45) is 0 Å². The SMILES string of the molecule is CCCCCCCCCCCCCCn1c(=O)[nH]c2nc3ccccc3n2c1=O. The molecule has 0 atom stereocenters. The molecule has 0 saturated heterocycles. The number of unbranched alkanes of at least 4 members (excludes halogenated alkanes) is 11. The summed E-state index contributed by atoms with van der Waals surface area (Å²) in [5.74, 6) is 0.312. The van der Waals surface area contributed by atoms with Crippen molar-refractivity contribution in [1.29, 1.82) is 0 Å². The summed E-state index contributed by atoms with van der Waals surface area (Å²) >= 11 is 0. The standard InChI is InChI=1S/C23H34N4O2/c1-2-3-4-5-6-7-8-9-10-11-12-15-18-26-22(28)25-21-24-19-16-13-14-17-20(19)27(21)23(26)29/h13-14,16-17H,2-12,15,18H2,1H3,(H,24,25,28). The predicted octanol–water partition coefficient (Wildman–Crippen LogP) is 5.04. The molecule has 1 N–H and O–H groups in total. The average molecular weight is 399 g/mol. The first-order valence-corrected chi connectivity index (χ1v) is 11.3. The molecule has 0 aliphatic carbocycles. The molecule has 2 aromatic heterocycles. The summed E-state index contributed by atoms with van der Waals surface area (Å²) in [4.78, 5) is 32.2. The van der Waals surface area contributed by atoms with Crippen molar-refractivity contribution in [3.8, 4) is 0 Å². The third-order valence-corrected chi connectivity index (χ3v) is 5.68. The van der Waals surface area contributed by atoms with E-state index in [2.05, 4.69) is 16.9 Å². The maximum absolute atomic E-state index is 12.8. The van der Waals surface area contributed by atoms with Crippen LogP contribution in [-0.4, -0.2) is 18.9 Å². The number of nitrogens with one attached hydrogen (secondary N) is 1. The molecule has 0 bridgehead atoms. The highest BCUT2D eigenvalue weighted by molar-refractivity contribution is 5.78. The van der Waals surface area contributed by atoms with Gasteiger partial charge in [0.15, 0.2) is 0 Å². The highest BCUT2D eigenvalue weighted by Gasteiger charge is 2.11. The number of rotatable bonds is 13. The third kappa shape index (κ3) is 5.58. The van der Waals surface area contributed by atoms with E-state index >= 15 is 0 Å². The van der Waals surface area contributed by atoms with E-state index in [0.717, 1.165) is 18.4 Å². The molecular weight excluding hydrogens is 364 g/mol. The quantitative estimate of drug-likeness (QED) is 0.410. The lowest BCUT2D eigenvalue weighted by Crippen LogP contribution is -2.39. The van der Waals surface area contributed by atoms with Gasteiger partial charge in [0, 0.05) is 6.54 Å². The molecule has 6 heteroatoms. The number of fused-ring (bicyclic) bond motifs is 3. The van der Waals surface area contributed by atoms with Gasteiger partial charge in [-0.2, -0.15) is 0 Å². The zero-order valence-electron chi connectivity index (χ0n) is 17.7. The fourth-order valence-corrected chi connectivity index (χ4v) is 3.98. The largest absolute Gasteiger partial charge is 0.339 e. The number of hydrogen-bond acceptors (Lipinski definition) is 3. The molecule has 3 rings (SSSR count). The maximum Gasteiger partial charge on any atom is 0.339 e. The van der Waals surface area contributed by atoms with Gasteiger partial charge >= 0.3 is 11.4 Å². The first kappa shape index (κ1) is 21.3. The Morgan fingerprint density at radius 3 is 2.07 bits per heavy atom. The van der Waals surface area contributed by atoms with Crippen LogP contribution in [0.2, 0.25) is 0 Å². The number of para-hydroxylation sites is 2. The number of benzene rings is 1. The highest BCUT2D eigenvalue weighted by atomic mass is 16.2. The molecule has 1 aromatic carbocycles. The number of nitrogens with zero attached hydrogens (tertiary/aromatic N) is 3. The molecule has 29 heavy (non-hydrogen) atoms. The van der Waals surface area contributed by atoms with Crippen LogP contribution < -0.4 is 11.4 Å². The van der Waals surface area contributed by atoms with Gasteiger partial charge < -0.3 is 0 Å². The lowest BCUT2D eigenvalue weighted by atomic mass is 10.1. The van der Waals surface area contributed by atoms with E-state index in [0.29, 0.717) is 17.8 Å². The van der Waals surface area contributed by atoms with Crippen LogP contribution in [0.3, 0.4) is 0 Å². The molecule has 0 saturated carbocycles. The normalized spacial score (nSPS) is 11.6. The minimum atomic E-state index is -0.374. The molecule has 158 valence electrons. The van der Waals surface area contributed by atoms with Gasteiger partial charge in [0.2, 0.25) is 5.78 Å². The van der Waals surface area contributed by atoms with Crippen molar-refractivity contribution in [2.75, 3.05) is 0 Å². The van der Waals surface area contributed by atoms with E-state index in [1.807, 2.05) is 24.3 Å². The third-order valence-electron chi connectivity index (χ3n) is 5.68. The summed E-state index contributed by atoms with van der Waals surface area (Å²) in [5.41, 5.74) is 0.761. The van der Waals surface area contributed by atoms with Gasteiger partial charge in [-0.05, 0) is 18.6 Å². The highest BCUT2D eigenvalue weighted by Crippen LogP contribution is 2.13.